The highest BCUT2D eigenvalue weighted by atomic mass is 16.5. The summed E-state index contributed by atoms with van der Waals surface area (Å²) in [6, 6.07) is 2.35. The molecule has 4 nitrogen and oxygen atoms in total. The second-order valence-corrected chi connectivity index (χ2v) is 4.47. The van der Waals surface area contributed by atoms with Crippen LogP contribution in [0.25, 0.3) is 0 Å². The lowest BCUT2D eigenvalue weighted by Crippen LogP contribution is -2.27. The Morgan fingerprint density at radius 2 is 2.56 bits per heavy atom. The SMILES string of the molecule is CC(NCCC1CCCCO1)c1ccn[nH]1. The van der Waals surface area contributed by atoms with E-state index in [1.54, 1.807) is 6.20 Å². The van der Waals surface area contributed by atoms with E-state index in [1.807, 2.05) is 6.07 Å². The predicted octanol–water partition coefficient (Wildman–Crippen LogP) is 2.02. The minimum Gasteiger partial charge on any atom is -0.378 e. The lowest BCUT2D eigenvalue weighted by atomic mass is 10.1. The Hall–Kier alpha value is -0.870. The maximum absolute atomic E-state index is 5.69. The summed E-state index contributed by atoms with van der Waals surface area (Å²) in [4.78, 5) is 0. The van der Waals surface area contributed by atoms with Gasteiger partial charge in [-0.15, -0.1) is 0 Å². The quantitative estimate of drug-likeness (QED) is 0.803. The van der Waals surface area contributed by atoms with Gasteiger partial charge < -0.3 is 10.1 Å². The molecule has 0 aliphatic carbocycles. The molecule has 2 heterocycles. The molecule has 0 spiro atoms. The van der Waals surface area contributed by atoms with Crippen LogP contribution in [0.15, 0.2) is 12.3 Å². The van der Waals surface area contributed by atoms with Gasteiger partial charge in [0, 0.05) is 18.8 Å². The first-order valence-corrected chi connectivity index (χ1v) is 6.20. The van der Waals surface area contributed by atoms with Crippen LogP contribution in [-0.2, 0) is 4.74 Å². The van der Waals surface area contributed by atoms with E-state index in [0.717, 1.165) is 25.3 Å². The lowest BCUT2D eigenvalue weighted by Gasteiger charge is -2.23. The zero-order valence-corrected chi connectivity index (χ0v) is 9.91. The van der Waals surface area contributed by atoms with Gasteiger partial charge in [-0.1, -0.05) is 0 Å². The van der Waals surface area contributed by atoms with Crippen LogP contribution < -0.4 is 5.32 Å². The van der Waals surface area contributed by atoms with Crippen LogP contribution in [0.3, 0.4) is 0 Å². The average Bonchev–Trinajstić information content (AvgIpc) is 2.84. The Kier molecular flexibility index (Phi) is 4.36. The Morgan fingerprint density at radius 3 is 3.25 bits per heavy atom. The summed E-state index contributed by atoms with van der Waals surface area (Å²) in [5, 5.41) is 10.4. The molecule has 0 saturated carbocycles. The molecule has 0 bridgehead atoms. The zero-order chi connectivity index (χ0) is 11.2. The Morgan fingerprint density at radius 1 is 1.62 bits per heavy atom. The second-order valence-electron chi connectivity index (χ2n) is 4.47. The largest absolute Gasteiger partial charge is 0.378 e. The number of hydrogen-bond donors (Lipinski definition) is 2. The number of H-pyrrole nitrogens is 1. The Labute approximate surface area is 96.8 Å². The summed E-state index contributed by atoms with van der Waals surface area (Å²) in [7, 11) is 0. The van der Waals surface area contributed by atoms with Crippen molar-refractivity contribution in [3.8, 4) is 0 Å². The van der Waals surface area contributed by atoms with Crippen molar-refractivity contribution in [2.45, 2.75) is 44.8 Å². The van der Waals surface area contributed by atoms with Crippen molar-refractivity contribution < 1.29 is 4.74 Å². The fourth-order valence-electron chi connectivity index (χ4n) is 2.11. The van der Waals surface area contributed by atoms with Gasteiger partial charge in [-0.3, -0.25) is 5.10 Å². The second kappa shape index (κ2) is 6.01. The van der Waals surface area contributed by atoms with Gasteiger partial charge in [-0.05, 0) is 45.2 Å². The van der Waals surface area contributed by atoms with E-state index in [-0.39, 0.29) is 0 Å². The molecule has 2 rings (SSSR count). The van der Waals surface area contributed by atoms with E-state index in [0.29, 0.717) is 12.1 Å². The lowest BCUT2D eigenvalue weighted by molar-refractivity contribution is 0.0112. The van der Waals surface area contributed by atoms with Crippen LogP contribution >= 0.6 is 0 Å². The van der Waals surface area contributed by atoms with E-state index in [2.05, 4.69) is 22.4 Å². The van der Waals surface area contributed by atoms with Crippen molar-refractivity contribution in [2.24, 2.45) is 0 Å². The van der Waals surface area contributed by atoms with Crippen LogP contribution in [0.4, 0.5) is 0 Å². The number of nitrogens with zero attached hydrogens (tertiary/aromatic N) is 1. The minimum absolute atomic E-state index is 0.339. The third kappa shape index (κ3) is 3.32. The first kappa shape index (κ1) is 11.6. The van der Waals surface area contributed by atoms with Crippen molar-refractivity contribution >= 4 is 0 Å². The standard InChI is InChI=1S/C12H21N3O/c1-10(12-6-8-14-15-12)13-7-5-11-4-2-3-9-16-11/h6,8,10-11,13H,2-5,7,9H2,1H3,(H,14,15). The molecule has 1 aromatic heterocycles. The molecular weight excluding hydrogens is 202 g/mol. The van der Waals surface area contributed by atoms with Crippen molar-refractivity contribution in [2.75, 3.05) is 13.2 Å². The smallest absolute Gasteiger partial charge is 0.0587 e. The Balaban J connectivity index is 1.63. The first-order chi connectivity index (χ1) is 7.86. The average molecular weight is 223 g/mol. The summed E-state index contributed by atoms with van der Waals surface area (Å²) in [5.74, 6) is 0. The van der Waals surface area contributed by atoms with Crippen molar-refractivity contribution in [1.29, 1.82) is 0 Å². The number of aromatic nitrogens is 2. The van der Waals surface area contributed by atoms with Crippen LogP contribution in [0.1, 0.15) is 44.3 Å². The summed E-state index contributed by atoms with van der Waals surface area (Å²) < 4.78 is 5.69. The van der Waals surface area contributed by atoms with Crippen molar-refractivity contribution in [3.63, 3.8) is 0 Å². The maximum atomic E-state index is 5.69. The molecule has 2 unspecified atom stereocenters. The molecular formula is C12H21N3O. The maximum Gasteiger partial charge on any atom is 0.0587 e. The molecule has 90 valence electrons. The molecule has 0 aromatic carbocycles. The van der Waals surface area contributed by atoms with Gasteiger partial charge in [-0.2, -0.15) is 5.10 Å². The molecule has 16 heavy (non-hydrogen) atoms. The number of aromatic amines is 1. The number of hydrogen-bond acceptors (Lipinski definition) is 3. The summed E-state index contributed by atoms with van der Waals surface area (Å²) in [6.45, 7) is 4.10. The van der Waals surface area contributed by atoms with Crippen LogP contribution in [-0.4, -0.2) is 29.5 Å². The van der Waals surface area contributed by atoms with E-state index in [1.165, 1.54) is 19.3 Å². The van der Waals surface area contributed by atoms with Gasteiger partial charge in [0.1, 0.15) is 0 Å². The first-order valence-electron chi connectivity index (χ1n) is 6.20. The molecule has 2 atom stereocenters. The molecule has 1 aliphatic rings. The van der Waals surface area contributed by atoms with E-state index in [9.17, 15) is 0 Å². The van der Waals surface area contributed by atoms with Crippen molar-refractivity contribution in [3.05, 3.63) is 18.0 Å². The monoisotopic (exact) mass is 223 g/mol. The fourth-order valence-corrected chi connectivity index (χ4v) is 2.11. The van der Waals surface area contributed by atoms with Gasteiger partial charge in [0.15, 0.2) is 0 Å². The van der Waals surface area contributed by atoms with E-state index >= 15 is 0 Å². The fraction of sp³-hybridized carbons (Fsp3) is 0.750. The minimum atomic E-state index is 0.339. The molecule has 0 amide bonds. The van der Waals surface area contributed by atoms with Crippen molar-refractivity contribution in [1.82, 2.24) is 15.5 Å². The Bertz CT molecular complexity index is 280. The number of rotatable bonds is 5. The van der Waals surface area contributed by atoms with Gasteiger partial charge in [0.25, 0.3) is 0 Å². The molecule has 1 saturated heterocycles. The van der Waals surface area contributed by atoms with Crippen LogP contribution in [0.2, 0.25) is 0 Å². The highest BCUT2D eigenvalue weighted by Gasteiger charge is 2.14. The van der Waals surface area contributed by atoms with Crippen LogP contribution in [0.5, 0.6) is 0 Å². The number of nitrogens with one attached hydrogen (secondary N) is 2. The van der Waals surface area contributed by atoms with Gasteiger partial charge in [-0.25, -0.2) is 0 Å². The zero-order valence-electron chi connectivity index (χ0n) is 9.91. The molecule has 1 fully saturated rings. The van der Waals surface area contributed by atoms with Crippen LogP contribution in [0, 0.1) is 0 Å². The summed E-state index contributed by atoms with van der Waals surface area (Å²) in [5.41, 5.74) is 1.14. The molecule has 4 heteroatoms. The van der Waals surface area contributed by atoms with Gasteiger partial charge >= 0.3 is 0 Å². The third-order valence-electron chi connectivity index (χ3n) is 3.18. The van der Waals surface area contributed by atoms with E-state index in [4.69, 9.17) is 4.74 Å². The van der Waals surface area contributed by atoms with Gasteiger partial charge in [0.05, 0.1) is 11.8 Å². The highest BCUT2D eigenvalue weighted by molar-refractivity contribution is 5.02. The number of ether oxygens (including phenoxy) is 1. The molecule has 2 N–H and O–H groups in total. The summed E-state index contributed by atoms with van der Waals surface area (Å²) in [6.07, 6.45) is 7.14. The predicted molar refractivity (Wildman–Crippen MR) is 63.2 cm³/mol. The molecule has 0 radical (unpaired) electrons. The topological polar surface area (TPSA) is 49.9 Å². The van der Waals surface area contributed by atoms with Gasteiger partial charge in [0.2, 0.25) is 0 Å². The molecule has 1 aliphatic heterocycles. The highest BCUT2D eigenvalue weighted by Crippen LogP contribution is 2.15. The normalized spacial score (nSPS) is 23.2. The third-order valence-corrected chi connectivity index (χ3v) is 3.18. The van der Waals surface area contributed by atoms with E-state index < -0.39 is 0 Å². The molecule has 1 aromatic rings. The summed E-state index contributed by atoms with van der Waals surface area (Å²) >= 11 is 0.